The third-order valence-electron chi connectivity index (χ3n) is 2.79. The number of benzene rings is 1. The van der Waals surface area contributed by atoms with Crippen LogP contribution in [-0.2, 0) is 0 Å². The van der Waals surface area contributed by atoms with Gasteiger partial charge in [-0.05, 0) is 25.0 Å². The minimum absolute atomic E-state index is 0.0546. The van der Waals surface area contributed by atoms with Crippen LogP contribution in [0.15, 0.2) is 28.1 Å². The monoisotopic (exact) mass is 234 g/mol. The van der Waals surface area contributed by atoms with E-state index in [2.05, 4.69) is 10.1 Å². The molecule has 3 rings (SSSR count). The molecule has 0 aliphatic heterocycles. The molecule has 0 radical (unpaired) electrons. The quantitative estimate of drug-likeness (QED) is 0.475. The Kier molecular flexibility index (Phi) is 2.07. The first kappa shape index (κ1) is 9.59. The van der Waals surface area contributed by atoms with Crippen LogP contribution in [0.4, 0.5) is 0 Å². The molecular formula is C11H10N2O2S. The second-order valence-electron chi connectivity index (χ2n) is 3.98. The minimum Gasteiger partial charge on any atom is -0.411 e. The van der Waals surface area contributed by atoms with Crippen molar-refractivity contribution >= 4 is 27.3 Å². The SMILES string of the molecule is O=c1[nH]c2ccc(C(=NO)C3CC3)cc2s1. The van der Waals surface area contributed by atoms with E-state index >= 15 is 0 Å². The Morgan fingerprint density at radius 1 is 1.50 bits per heavy atom. The van der Waals surface area contributed by atoms with Crippen molar-refractivity contribution in [2.45, 2.75) is 12.8 Å². The Bertz CT molecular complexity index is 622. The summed E-state index contributed by atoms with van der Waals surface area (Å²) in [5, 5.41) is 12.4. The van der Waals surface area contributed by atoms with E-state index in [9.17, 15) is 4.79 Å². The molecule has 0 unspecified atom stereocenters. The molecule has 1 fully saturated rings. The molecule has 1 aliphatic rings. The molecule has 0 atom stereocenters. The van der Waals surface area contributed by atoms with Gasteiger partial charge in [-0.3, -0.25) is 4.79 Å². The van der Waals surface area contributed by atoms with Gasteiger partial charge in [-0.2, -0.15) is 0 Å². The Labute approximate surface area is 95.2 Å². The molecule has 1 aromatic carbocycles. The topological polar surface area (TPSA) is 65.5 Å². The second-order valence-corrected chi connectivity index (χ2v) is 5.00. The van der Waals surface area contributed by atoms with Gasteiger partial charge in [0.2, 0.25) is 0 Å². The molecule has 5 heteroatoms. The number of nitrogens with one attached hydrogen (secondary N) is 1. The van der Waals surface area contributed by atoms with Crippen molar-refractivity contribution in [2.24, 2.45) is 11.1 Å². The van der Waals surface area contributed by atoms with E-state index in [0.29, 0.717) is 5.92 Å². The average molecular weight is 234 g/mol. The highest BCUT2D eigenvalue weighted by molar-refractivity contribution is 7.16. The lowest BCUT2D eigenvalue weighted by Crippen LogP contribution is -2.02. The van der Waals surface area contributed by atoms with Gasteiger partial charge in [-0.1, -0.05) is 22.6 Å². The molecule has 1 heterocycles. The fourth-order valence-corrected chi connectivity index (χ4v) is 2.61. The molecule has 16 heavy (non-hydrogen) atoms. The van der Waals surface area contributed by atoms with Crippen LogP contribution in [-0.4, -0.2) is 15.9 Å². The number of thiazole rings is 1. The van der Waals surface area contributed by atoms with Gasteiger partial charge >= 0.3 is 4.87 Å². The molecular weight excluding hydrogens is 224 g/mol. The van der Waals surface area contributed by atoms with Crippen LogP contribution in [0.2, 0.25) is 0 Å². The first-order chi connectivity index (χ1) is 7.78. The van der Waals surface area contributed by atoms with E-state index in [1.807, 2.05) is 18.2 Å². The molecule has 0 amide bonds. The van der Waals surface area contributed by atoms with Crippen LogP contribution < -0.4 is 4.87 Å². The lowest BCUT2D eigenvalue weighted by atomic mass is 10.1. The first-order valence-corrected chi connectivity index (χ1v) is 5.95. The average Bonchev–Trinajstić information content (AvgIpc) is 3.01. The molecule has 2 aromatic rings. The smallest absolute Gasteiger partial charge is 0.305 e. The number of rotatable bonds is 2. The van der Waals surface area contributed by atoms with Crippen LogP contribution in [0.25, 0.3) is 10.2 Å². The van der Waals surface area contributed by atoms with Crippen molar-refractivity contribution in [1.82, 2.24) is 4.98 Å². The summed E-state index contributed by atoms with van der Waals surface area (Å²) in [5.41, 5.74) is 2.49. The lowest BCUT2D eigenvalue weighted by Gasteiger charge is -2.01. The molecule has 1 aliphatic carbocycles. The van der Waals surface area contributed by atoms with Crippen LogP contribution in [0.3, 0.4) is 0 Å². The summed E-state index contributed by atoms with van der Waals surface area (Å²) >= 11 is 1.18. The maximum absolute atomic E-state index is 11.2. The maximum atomic E-state index is 11.2. The number of fused-ring (bicyclic) bond motifs is 1. The third kappa shape index (κ3) is 1.53. The highest BCUT2D eigenvalue weighted by Crippen LogP contribution is 2.34. The summed E-state index contributed by atoms with van der Waals surface area (Å²) in [4.78, 5) is 13.9. The number of H-pyrrole nitrogens is 1. The predicted molar refractivity (Wildman–Crippen MR) is 63.5 cm³/mol. The zero-order valence-electron chi connectivity index (χ0n) is 8.43. The molecule has 4 nitrogen and oxygen atoms in total. The van der Waals surface area contributed by atoms with E-state index in [1.54, 1.807) is 0 Å². The molecule has 0 bridgehead atoms. The van der Waals surface area contributed by atoms with Gasteiger partial charge in [-0.25, -0.2) is 0 Å². The number of hydrogen-bond acceptors (Lipinski definition) is 4. The van der Waals surface area contributed by atoms with E-state index in [0.717, 1.165) is 34.3 Å². The third-order valence-corrected chi connectivity index (χ3v) is 3.63. The number of hydrogen-bond donors (Lipinski definition) is 2. The van der Waals surface area contributed by atoms with E-state index in [4.69, 9.17) is 5.21 Å². The number of aromatic nitrogens is 1. The van der Waals surface area contributed by atoms with Crippen LogP contribution in [0, 0.1) is 5.92 Å². The molecule has 82 valence electrons. The Morgan fingerprint density at radius 2 is 2.31 bits per heavy atom. The zero-order valence-corrected chi connectivity index (χ0v) is 9.25. The zero-order chi connectivity index (χ0) is 11.1. The molecule has 2 N–H and O–H groups in total. The van der Waals surface area contributed by atoms with Gasteiger partial charge in [0.1, 0.15) is 0 Å². The van der Waals surface area contributed by atoms with Crippen molar-refractivity contribution in [3.05, 3.63) is 33.4 Å². The molecule has 1 saturated carbocycles. The summed E-state index contributed by atoms with van der Waals surface area (Å²) in [6, 6.07) is 5.65. The van der Waals surface area contributed by atoms with E-state index in [1.165, 1.54) is 11.3 Å². The molecule has 1 aromatic heterocycles. The predicted octanol–water partition coefficient (Wildman–Crippen LogP) is 2.18. The van der Waals surface area contributed by atoms with Crippen molar-refractivity contribution < 1.29 is 5.21 Å². The van der Waals surface area contributed by atoms with Crippen LogP contribution in [0.1, 0.15) is 18.4 Å². The van der Waals surface area contributed by atoms with Crippen molar-refractivity contribution in [1.29, 1.82) is 0 Å². The summed E-state index contributed by atoms with van der Waals surface area (Å²) in [6.45, 7) is 0. The van der Waals surface area contributed by atoms with Crippen molar-refractivity contribution in [3.63, 3.8) is 0 Å². The fourth-order valence-electron chi connectivity index (χ4n) is 1.84. The standard InChI is InChI=1S/C11H10N2O2S/c14-11-12-8-4-3-7(5-9(8)16-11)10(13-15)6-1-2-6/h3-6,15H,1-2H2,(H,12,14). The van der Waals surface area contributed by atoms with Crippen molar-refractivity contribution in [3.8, 4) is 0 Å². The largest absolute Gasteiger partial charge is 0.411 e. The summed E-state index contributed by atoms with van der Waals surface area (Å²) in [7, 11) is 0. The number of oxime groups is 1. The van der Waals surface area contributed by atoms with Gasteiger partial charge in [0, 0.05) is 11.5 Å². The Morgan fingerprint density at radius 3 is 3.00 bits per heavy atom. The number of nitrogens with zero attached hydrogens (tertiary/aromatic N) is 1. The van der Waals surface area contributed by atoms with Gasteiger partial charge in [-0.15, -0.1) is 0 Å². The van der Waals surface area contributed by atoms with E-state index in [-0.39, 0.29) is 4.87 Å². The summed E-state index contributed by atoms with van der Waals surface area (Å²) in [6.07, 6.45) is 2.17. The van der Waals surface area contributed by atoms with Gasteiger partial charge in [0.15, 0.2) is 0 Å². The first-order valence-electron chi connectivity index (χ1n) is 5.13. The number of aromatic amines is 1. The highest BCUT2D eigenvalue weighted by Gasteiger charge is 2.29. The maximum Gasteiger partial charge on any atom is 0.305 e. The molecule has 0 spiro atoms. The van der Waals surface area contributed by atoms with Crippen molar-refractivity contribution in [2.75, 3.05) is 0 Å². The minimum atomic E-state index is -0.0546. The van der Waals surface area contributed by atoms with Gasteiger partial charge in [0.05, 0.1) is 15.9 Å². The lowest BCUT2D eigenvalue weighted by molar-refractivity contribution is 0.317. The fraction of sp³-hybridized carbons (Fsp3) is 0.273. The van der Waals surface area contributed by atoms with Crippen LogP contribution >= 0.6 is 11.3 Å². The second kappa shape index (κ2) is 3.45. The highest BCUT2D eigenvalue weighted by atomic mass is 32.1. The van der Waals surface area contributed by atoms with Gasteiger partial charge in [0.25, 0.3) is 0 Å². The Hall–Kier alpha value is -1.62. The molecule has 0 saturated heterocycles. The van der Waals surface area contributed by atoms with Gasteiger partial charge < -0.3 is 10.2 Å². The normalized spacial score (nSPS) is 16.9. The van der Waals surface area contributed by atoms with E-state index < -0.39 is 0 Å². The van der Waals surface area contributed by atoms with Crippen LogP contribution in [0.5, 0.6) is 0 Å². The summed E-state index contributed by atoms with van der Waals surface area (Å²) < 4.78 is 0.907. The summed E-state index contributed by atoms with van der Waals surface area (Å²) in [5.74, 6) is 0.387. The Balaban J connectivity index is 2.13.